The third-order valence-electron chi connectivity index (χ3n) is 1.76. The zero-order chi connectivity index (χ0) is 17.3. The lowest BCUT2D eigenvalue weighted by Gasteiger charge is -1.96. The fourth-order valence-electron chi connectivity index (χ4n) is 1.06. The van der Waals surface area contributed by atoms with Gasteiger partial charge in [0.05, 0.1) is 0 Å². The average molecular weight is 300 g/mol. The van der Waals surface area contributed by atoms with Crippen molar-refractivity contribution in [3.8, 4) is 12.8 Å². The van der Waals surface area contributed by atoms with Gasteiger partial charge in [0.25, 0.3) is 0 Å². The van der Waals surface area contributed by atoms with Gasteiger partial charge in [-0.25, -0.2) is 8.78 Å². The second-order valence-corrected chi connectivity index (χ2v) is 3.57. The lowest BCUT2D eigenvalue weighted by molar-refractivity contribution is -0.118. The highest BCUT2D eigenvalue weighted by Crippen LogP contribution is 2.05. The van der Waals surface area contributed by atoms with Crippen LogP contribution in [0.2, 0.25) is 0 Å². The van der Waals surface area contributed by atoms with E-state index in [0.29, 0.717) is 18.7 Å². The number of terminal acetylenes is 1. The highest BCUT2D eigenvalue weighted by atomic mass is 19.1. The Labute approximate surface area is 126 Å². The largest absolute Gasteiger partial charge is 0.356 e. The molecule has 1 aromatic rings. The van der Waals surface area contributed by atoms with E-state index in [1.807, 2.05) is 13.8 Å². The molecule has 21 heavy (non-hydrogen) atoms. The van der Waals surface area contributed by atoms with Crippen molar-refractivity contribution in [2.24, 2.45) is 5.73 Å². The molecule has 5 heteroatoms. The highest BCUT2D eigenvalue weighted by molar-refractivity contribution is 5.72. The molecule has 3 nitrogen and oxygen atoms in total. The summed E-state index contributed by atoms with van der Waals surface area (Å²) in [7, 11) is 0. The van der Waals surface area contributed by atoms with E-state index in [2.05, 4.69) is 18.2 Å². The maximum atomic E-state index is 12.2. The summed E-state index contributed by atoms with van der Waals surface area (Å²) in [6, 6.07) is 3.42. The normalized spacial score (nSPS) is 7.86. The van der Waals surface area contributed by atoms with E-state index < -0.39 is 11.6 Å². The Morgan fingerprint density at radius 3 is 1.90 bits per heavy atom. The van der Waals surface area contributed by atoms with Gasteiger partial charge in [-0.15, -0.1) is 12.8 Å². The second kappa shape index (κ2) is 18.1. The summed E-state index contributed by atoms with van der Waals surface area (Å²) in [5, 5.41) is 2.63. The zero-order valence-electron chi connectivity index (χ0n) is 13.2. The van der Waals surface area contributed by atoms with Crippen LogP contribution in [0.15, 0.2) is 18.2 Å². The van der Waals surface area contributed by atoms with Gasteiger partial charge in [-0.05, 0) is 37.6 Å². The number of halogens is 2. The quantitative estimate of drug-likeness (QED) is 0.666. The summed E-state index contributed by atoms with van der Waals surface area (Å²) >= 11 is 0. The molecule has 0 unspecified atom stereocenters. The van der Waals surface area contributed by atoms with Crippen molar-refractivity contribution in [2.45, 2.75) is 34.1 Å². The molecule has 0 fully saturated rings. The molecule has 0 aliphatic heterocycles. The SMILES string of the molecule is C#C.CC.CC(=O)NCCCN.Cc1cc(F)cc(F)c1. The molecule has 1 aromatic carbocycles. The molecule has 0 saturated heterocycles. The van der Waals surface area contributed by atoms with E-state index in [-0.39, 0.29) is 5.91 Å². The lowest BCUT2D eigenvalue weighted by atomic mass is 10.2. The van der Waals surface area contributed by atoms with Crippen LogP contribution in [0.1, 0.15) is 32.8 Å². The van der Waals surface area contributed by atoms with Crippen molar-refractivity contribution >= 4 is 5.91 Å². The number of nitrogens with one attached hydrogen (secondary N) is 1. The molecule has 0 aliphatic carbocycles. The van der Waals surface area contributed by atoms with E-state index in [0.717, 1.165) is 12.5 Å². The maximum absolute atomic E-state index is 12.2. The van der Waals surface area contributed by atoms with Gasteiger partial charge < -0.3 is 11.1 Å². The standard InChI is InChI=1S/C7H6F2.C5H12N2O.C2H6.C2H2/c1-5-2-6(8)4-7(9)3-5;1-5(8)7-4-2-3-6;2*1-2/h2-4H,1H3;2-4,6H2,1H3,(H,7,8);1-2H3;1-2H. The summed E-state index contributed by atoms with van der Waals surface area (Å²) in [4.78, 5) is 10.2. The second-order valence-electron chi connectivity index (χ2n) is 3.57. The molecule has 0 aromatic heterocycles. The van der Waals surface area contributed by atoms with Gasteiger partial charge >= 0.3 is 0 Å². The summed E-state index contributed by atoms with van der Waals surface area (Å²) in [6.45, 7) is 8.48. The molecule has 120 valence electrons. The summed E-state index contributed by atoms with van der Waals surface area (Å²) in [6.07, 6.45) is 8.86. The molecule has 0 bridgehead atoms. The summed E-state index contributed by atoms with van der Waals surface area (Å²) in [5.41, 5.74) is 5.77. The fraction of sp³-hybridized carbons (Fsp3) is 0.438. The van der Waals surface area contributed by atoms with Crippen LogP contribution in [0.5, 0.6) is 0 Å². The average Bonchev–Trinajstić information content (AvgIpc) is 2.42. The Bertz CT molecular complexity index is 343. The van der Waals surface area contributed by atoms with E-state index in [1.54, 1.807) is 6.92 Å². The first-order valence-electron chi connectivity index (χ1n) is 6.66. The van der Waals surface area contributed by atoms with Gasteiger partial charge in [-0.1, -0.05) is 13.8 Å². The Morgan fingerprint density at radius 2 is 1.62 bits per heavy atom. The third-order valence-corrected chi connectivity index (χ3v) is 1.76. The minimum absolute atomic E-state index is 0.0125. The first-order chi connectivity index (χ1) is 9.95. The van der Waals surface area contributed by atoms with Crippen molar-refractivity contribution in [2.75, 3.05) is 13.1 Å². The number of aryl methyl sites for hydroxylation is 1. The first kappa shape index (κ1) is 24.1. The van der Waals surface area contributed by atoms with Crippen molar-refractivity contribution in [1.82, 2.24) is 5.32 Å². The molecular formula is C16H26F2N2O. The molecule has 0 spiro atoms. The van der Waals surface area contributed by atoms with Crippen LogP contribution in [0.4, 0.5) is 8.78 Å². The number of rotatable bonds is 3. The van der Waals surface area contributed by atoms with Gasteiger partial charge in [-0.3, -0.25) is 4.79 Å². The minimum atomic E-state index is -0.521. The maximum Gasteiger partial charge on any atom is 0.216 e. The molecule has 0 radical (unpaired) electrons. The highest BCUT2D eigenvalue weighted by Gasteiger charge is 1.93. The molecule has 1 rings (SSSR count). The number of carbonyl (C=O) groups is 1. The molecule has 0 saturated carbocycles. The van der Waals surface area contributed by atoms with Crippen LogP contribution in [0.3, 0.4) is 0 Å². The smallest absolute Gasteiger partial charge is 0.216 e. The Hall–Kier alpha value is -1.93. The number of hydrogen-bond acceptors (Lipinski definition) is 2. The number of nitrogens with two attached hydrogens (primary N) is 1. The van der Waals surface area contributed by atoms with Crippen molar-refractivity contribution in [3.63, 3.8) is 0 Å². The molecule has 0 aliphatic rings. The summed E-state index contributed by atoms with van der Waals surface area (Å²) in [5.74, 6) is -1.03. The molecular weight excluding hydrogens is 274 g/mol. The minimum Gasteiger partial charge on any atom is -0.356 e. The van der Waals surface area contributed by atoms with E-state index in [4.69, 9.17) is 5.73 Å². The predicted molar refractivity (Wildman–Crippen MR) is 84.7 cm³/mol. The Kier molecular flexibility index (Phi) is 20.7. The van der Waals surface area contributed by atoms with Crippen molar-refractivity contribution < 1.29 is 13.6 Å². The van der Waals surface area contributed by atoms with Crippen molar-refractivity contribution in [1.29, 1.82) is 0 Å². The third kappa shape index (κ3) is 20.5. The number of hydrogen-bond donors (Lipinski definition) is 2. The zero-order valence-corrected chi connectivity index (χ0v) is 13.2. The molecule has 0 atom stereocenters. The first-order valence-corrected chi connectivity index (χ1v) is 6.66. The van der Waals surface area contributed by atoms with Crippen molar-refractivity contribution in [3.05, 3.63) is 35.4 Å². The van der Waals surface area contributed by atoms with E-state index >= 15 is 0 Å². The van der Waals surface area contributed by atoms with Gasteiger partial charge in [0.1, 0.15) is 11.6 Å². The fourth-order valence-corrected chi connectivity index (χ4v) is 1.06. The number of benzene rings is 1. The van der Waals surface area contributed by atoms with Crippen LogP contribution >= 0.6 is 0 Å². The summed E-state index contributed by atoms with van der Waals surface area (Å²) < 4.78 is 24.4. The van der Waals surface area contributed by atoms with Crippen LogP contribution in [-0.4, -0.2) is 19.0 Å². The molecule has 1 amide bonds. The predicted octanol–water partition coefficient (Wildman–Crippen LogP) is 3.02. The Balaban J connectivity index is -0.000000251. The van der Waals surface area contributed by atoms with Crippen LogP contribution in [-0.2, 0) is 4.79 Å². The van der Waals surface area contributed by atoms with Gasteiger partial charge in [-0.2, -0.15) is 0 Å². The lowest BCUT2D eigenvalue weighted by Crippen LogP contribution is -2.22. The monoisotopic (exact) mass is 300 g/mol. The Morgan fingerprint density at radius 1 is 1.19 bits per heavy atom. The van der Waals surface area contributed by atoms with Crippen LogP contribution in [0, 0.1) is 31.4 Å². The molecule has 3 N–H and O–H groups in total. The number of carbonyl (C=O) groups excluding carboxylic acids is 1. The van der Waals surface area contributed by atoms with Crippen LogP contribution < -0.4 is 11.1 Å². The van der Waals surface area contributed by atoms with Crippen LogP contribution in [0.25, 0.3) is 0 Å². The van der Waals surface area contributed by atoms with Gasteiger partial charge in [0.2, 0.25) is 5.91 Å². The van der Waals surface area contributed by atoms with E-state index in [9.17, 15) is 13.6 Å². The topological polar surface area (TPSA) is 55.1 Å². The van der Waals surface area contributed by atoms with Gasteiger partial charge in [0.15, 0.2) is 0 Å². The number of amides is 1. The molecule has 0 heterocycles. The van der Waals surface area contributed by atoms with Gasteiger partial charge in [0, 0.05) is 19.5 Å². The van der Waals surface area contributed by atoms with E-state index in [1.165, 1.54) is 19.1 Å².